The van der Waals surface area contributed by atoms with E-state index in [1.54, 1.807) is 0 Å². The van der Waals surface area contributed by atoms with Gasteiger partial charge < -0.3 is 15.8 Å². The van der Waals surface area contributed by atoms with Crippen molar-refractivity contribution in [1.82, 2.24) is 14.8 Å². The highest BCUT2D eigenvalue weighted by atomic mass is 16.5. The monoisotopic (exact) mass is 411 g/mol. The molecule has 0 amide bonds. The van der Waals surface area contributed by atoms with Crippen LogP contribution in [0.5, 0.6) is 5.75 Å². The van der Waals surface area contributed by atoms with Gasteiger partial charge in [-0.25, -0.2) is 4.68 Å². The lowest BCUT2D eigenvalue weighted by molar-refractivity contribution is 0.306. The van der Waals surface area contributed by atoms with Crippen molar-refractivity contribution in [2.45, 2.75) is 32.0 Å². The molecule has 0 spiro atoms. The van der Waals surface area contributed by atoms with Crippen LogP contribution in [0.4, 0.5) is 11.9 Å². The molecule has 0 bridgehead atoms. The summed E-state index contributed by atoms with van der Waals surface area (Å²) >= 11 is 0. The Kier molecular flexibility index (Phi) is 5.04. The minimum absolute atomic E-state index is 0.0375. The summed E-state index contributed by atoms with van der Waals surface area (Å²) in [6.07, 6.45) is 0.850. The fraction of sp³-hybridized carbons (Fsp3) is 0.200. The second-order valence-corrected chi connectivity index (χ2v) is 7.94. The molecule has 0 saturated carbocycles. The number of ether oxygens (including phenoxy) is 1. The molecule has 156 valence electrons. The van der Waals surface area contributed by atoms with Crippen molar-refractivity contribution >= 4 is 11.9 Å². The molecule has 1 aromatic heterocycles. The number of anilines is 2. The van der Waals surface area contributed by atoms with Crippen LogP contribution in [0.25, 0.3) is 0 Å². The first-order valence-corrected chi connectivity index (χ1v) is 10.5. The molecule has 6 heteroatoms. The summed E-state index contributed by atoms with van der Waals surface area (Å²) < 4.78 is 7.83. The fourth-order valence-corrected chi connectivity index (χ4v) is 4.02. The average molecular weight is 412 g/mol. The van der Waals surface area contributed by atoms with Crippen LogP contribution in [0.3, 0.4) is 0 Å². The van der Waals surface area contributed by atoms with E-state index >= 15 is 0 Å². The van der Waals surface area contributed by atoms with E-state index in [-0.39, 0.29) is 18.0 Å². The maximum Gasteiger partial charge on any atom is 0.241 e. The molecular weight excluding hydrogens is 386 g/mol. The normalized spacial score (nSPS) is 17.6. The van der Waals surface area contributed by atoms with Crippen molar-refractivity contribution in [2.24, 2.45) is 0 Å². The quantitative estimate of drug-likeness (QED) is 0.489. The highest BCUT2D eigenvalue weighted by Crippen LogP contribution is 2.38. The standard InChI is InChI=1S/C25H25N5O/c1-17-7-9-19(10-8-17)22-15-23(30-25(27-22)28-24(26)29-30)20-11-13-21(14-12-20)31-16-18-5-3-2-4-6-18/h2-14,22-23H,15-16H2,1H3,(H3,26,27,28,29)/t22-,23+/m0/s1. The van der Waals surface area contributed by atoms with E-state index in [1.165, 1.54) is 11.1 Å². The van der Waals surface area contributed by atoms with Crippen molar-refractivity contribution in [3.8, 4) is 5.75 Å². The van der Waals surface area contributed by atoms with Gasteiger partial charge in [0, 0.05) is 0 Å². The maximum absolute atomic E-state index is 5.94. The second-order valence-electron chi connectivity index (χ2n) is 7.94. The zero-order chi connectivity index (χ0) is 21.2. The van der Waals surface area contributed by atoms with E-state index in [9.17, 15) is 0 Å². The van der Waals surface area contributed by atoms with E-state index in [0.717, 1.165) is 23.3 Å². The first-order chi connectivity index (χ1) is 15.2. The predicted molar refractivity (Wildman–Crippen MR) is 122 cm³/mol. The highest BCUT2D eigenvalue weighted by Gasteiger charge is 2.30. The summed E-state index contributed by atoms with van der Waals surface area (Å²) in [6, 6.07) is 27.2. The molecule has 2 heterocycles. The van der Waals surface area contributed by atoms with Crippen LogP contribution in [0, 0.1) is 6.92 Å². The molecule has 0 radical (unpaired) electrons. The van der Waals surface area contributed by atoms with Gasteiger partial charge in [0.25, 0.3) is 0 Å². The Morgan fingerprint density at radius 3 is 2.42 bits per heavy atom. The highest BCUT2D eigenvalue weighted by molar-refractivity contribution is 5.42. The van der Waals surface area contributed by atoms with Crippen LogP contribution in [0.2, 0.25) is 0 Å². The number of rotatable bonds is 5. The number of aromatic nitrogens is 3. The number of nitrogens with one attached hydrogen (secondary N) is 1. The lowest BCUT2D eigenvalue weighted by atomic mass is 9.93. The van der Waals surface area contributed by atoms with Crippen LogP contribution in [-0.2, 0) is 6.61 Å². The molecule has 3 aromatic carbocycles. The van der Waals surface area contributed by atoms with Gasteiger partial charge in [0.1, 0.15) is 12.4 Å². The molecule has 0 saturated heterocycles. The maximum atomic E-state index is 5.94. The molecule has 6 nitrogen and oxygen atoms in total. The zero-order valence-electron chi connectivity index (χ0n) is 17.4. The molecule has 1 aliphatic heterocycles. The van der Waals surface area contributed by atoms with Gasteiger partial charge >= 0.3 is 0 Å². The minimum Gasteiger partial charge on any atom is -0.489 e. The average Bonchev–Trinajstić information content (AvgIpc) is 3.19. The smallest absolute Gasteiger partial charge is 0.241 e. The lowest BCUT2D eigenvalue weighted by Crippen LogP contribution is -2.28. The number of hydrogen-bond donors (Lipinski definition) is 2. The van der Waals surface area contributed by atoms with Crippen molar-refractivity contribution in [1.29, 1.82) is 0 Å². The van der Waals surface area contributed by atoms with Crippen LogP contribution in [-0.4, -0.2) is 14.8 Å². The molecule has 0 unspecified atom stereocenters. The second kappa shape index (κ2) is 8.14. The van der Waals surface area contributed by atoms with Crippen LogP contribution in [0.1, 0.15) is 40.8 Å². The van der Waals surface area contributed by atoms with Gasteiger partial charge in [-0.3, -0.25) is 0 Å². The lowest BCUT2D eigenvalue weighted by Gasteiger charge is -2.31. The fourth-order valence-electron chi connectivity index (χ4n) is 4.02. The zero-order valence-corrected chi connectivity index (χ0v) is 17.4. The Balaban J connectivity index is 1.38. The Morgan fingerprint density at radius 1 is 0.968 bits per heavy atom. The van der Waals surface area contributed by atoms with Gasteiger partial charge in [0.15, 0.2) is 0 Å². The number of hydrogen-bond acceptors (Lipinski definition) is 5. The van der Waals surface area contributed by atoms with E-state index in [0.29, 0.717) is 12.6 Å². The van der Waals surface area contributed by atoms with Crippen LogP contribution >= 0.6 is 0 Å². The van der Waals surface area contributed by atoms with Gasteiger partial charge in [-0.05, 0) is 42.2 Å². The van der Waals surface area contributed by atoms with Gasteiger partial charge in [0.05, 0.1) is 12.1 Å². The molecule has 0 fully saturated rings. The summed E-state index contributed by atoms with van der Waals surface area (Å²) in [5.74, 6) is 1.82. The Labute approximate surface area is 181 Å². The van der Waals surface area contributed by atoms with E-state index < -0.39 is 0 Å². The third kappa shape index (κ3) is 4.10. The molecular formula is C25H25N5O. The van der Waals surface area contributed by atoms with Crippen molar-refractivity contribution < 1.29 is 4.74 Å². The predicted octanol–water partition coefficient (Wildman–Crippen LogP) is 4.89. The number of nitrogen functional groups attached to an aromatic ring is 1. The SMILES string of the molecule is Cc1ccc([C@@H]2C[C@H](c3ccc(OCc4ccccc4)cc3)n3nc(N)nc3N2)cc1. The molecule has 1 aliphatic rings. The van der Waals surface area contributed by atoms with E-state index in [2.05, 4.69) is 70.9 Å². The topological polar surface area (TPSA) is 78.0 Å². The summed E-state index contributed by atoms with van der Waals surface area (Å²) in [5, 5.41) is 7.93. The molecule has 0 aliphatic carbocycles. The minimum atomic E-state index is 0.0375. The number of benzene rings is 3. The van der Waals surface area contributed by atoms with Crippen molar-refractivity contribution in [3.05, 3.63) is 101 Å². The molecule has 4 aromatic rings. The number of nitrogens with zero attached hydrogens (tertiary/aromatic N) is 3. The summed E-state index contributed by atoms with van der Waals surface area (Å²) in [4.78, 5) is 4.39. The van der Waals surface area contributed by atoms with Crippen LogP contribution < -0.4 is 15.8 Å². The summed E-state index contributed by atoms with van der Waals surface area (Å²) in [6.45, 7) is 2.65. The van der Waals surface area contributed by atoms with Gasteiger partial charge in [-0.15, -0.1) is 5.10 Å². The third-order valence-electron chi connectivity index (χ3n) is 5.70. The van der Waals surface area contributed by atoms with E-state index in [1.807, 2.05) is 35.0 Å². The van der Waals surface area contributed by atoms with Crippen LogP contribution in [0.15, 0.2) is 78.9 Å². The first-order valence-electron chi connectivity index (χ1n) is 10.5. The van der Waals surface area contributed by atoms with Gasteiger partial charge in [-0.2, -0.15) is 4.98 Å². The van der Waals surface area contributed by atoms with Gasteiger partial charge in [0.2, 0.25) is 11.9 Å². The largest absolute Gasteiger partial charge is 0.489 e. The summed E-state index contributed by atoms with van der Waals surface area (Å²) in [5.41, 5.74) is 10.7. The first kappa shape index (κ1) is 19.2. The van der Waals surface area contributed by atoms with Crippen molar-refractivity contribution in [2.75, 3.05) is 11.1 Å². The third-order valence-corrected chi connectivity index (χ3v) is 5.70. The number of nitrogens with two attached hydrogens (primary N) is 1. The Hall–Kier alpha value is -3.80. The molecule has 31 heavy (non-hydrogen) atoms. The van der Waals surface area contributed by atoms with E-state index in [4.69, 9.17) is 10.5 Å². The Morgan fingerprint density at radius 2 is 1.68 bits per heavy atom. The molecule has 5 rings (SSSR count). The Bertz CT molecular complexity index is 1150. The number of fused-ring (bicyclic) bond motifs is 1. The summed E-state index contributed by atoms with van der Waals surface area (Å²) in [7, 11) is 0. The molecule has 3 N–H and O–H groups in total. The van der Waals surface area contributed by atoms with Gasteiger partial charge in [-0.1, -0.05) is 72.3 Å². The number of aryl methyl sites for hydroxylation is 1. The molecule has 2 atom stereocenters. The van der Waals surface area contributed by atoms with Crippen molar-refractivity contribution in [3.63, 3.8) is 0 Å².